The summed E-state index contributed by atoms with van der Waals surface area (Å²) in [5, 5.41) is 9.06. The van der Waals surface area contributed by atoms with Crippen molar-refractivity contribution in [3.63, 3.8) is 0 Å². The van der Waals surface area contributed by atoms with E-state index in [1.807, 2.05) is 6.92 Å². The summed E-state index contributed by atoms with van der Waals surface area (Å²) in [5.41, 5.74) is -0.0174. The van der Waals surface area contributed by atoms with E-state index in [1.165, 1.54) is 12.1 Å². The van der Waals surface area contributed by atoms with Gasteiger partial charge >= 0.3 is 0 Å². The number of amides is 1. The van der Waals surface area contributed by atoms with Crippen molar-refractivity contribution in [1.82, 2.24) is 4.90 Å². The largest absolute Gasteiger partial charge is 0.339 e. The second-order valence-corrected chi connectivity index (χ2v) is 5.86. The van der Waals surface area contributed by atoms with Crippen molar-refractivity contribution in [3.05, 3.63) is 34.1 Å². The van der Waals surface area contributed by atoms with E-state index >= 15 is 0 Å². The summed E-state index contributed by atoms with van der Waals surface area (Å²) in [6, 6.07) is 6.73. The van der Waals surface area contributed by atoms with Crippen LogP contribution in [0.4, 0.5) is 4.39 Å². The minimum atomic E-state index is -0.440. The second kappa shape index (κ2) is 5.30. The molecule has 1 fully saturated rings. The van der Waals surface area contributed by atoms with Gasteiger partial charge in [-0.25, -0.2) is 4.39 Å². The average Bonchev–Trinajstić information content (AvgIpc) is 2.42. The van der Waals surface area contributed by atoms with Crippen molar-refractivity contribution in [2.45, 2.75) is 19.8 Å². The number of carbonyl (C=O) groups is 1. The normalized spacial score (nSPS) is 17.9. The van der Waals surface area contributed by atoms with Crippen LogP contribution in [0.25, 0.3) is 0 Å². The molecule has 0 aliphatic carbocycles. The predicted molar refractivity (Wildman–Crippen MR) is 73.0 cm³/mol. The maximum atomic E-state index is 13.4. The molecule has 0 N–H and O–H groups in total. The number of piperidine rings is 1. The Labute approximate surface area is 120 Å². The van der Waals surface area contributed by atoms with Gasteiger partial charge in [0.25, 0.3) is 5.91 Å². The third kappa shape index (κ3) is 2.79. The summed E-state index contributed by atoms with van der Waals surface area (Å²) in [4.78, 5) is 14.0. The lowest BCUT2D eigenvalue weighted by Gasteiger charge is -2.35. The van der Waals surface area contributed by atoms with E-state index in [0.717, 1.165) is 0 Å². The molecule has 100 valence electrons. The molecule has 5 heteroatoms. The Balaban J connectivity index is 2.15. The van der Waals surface area contributed by atoms with Gasteiger partial charge in [-0.1, -0.05) is 6.07 Å². The van der Waals surface area contributed by atoms with Crippen LogP contribution in [0.5, 0.6) is 0 Å². The molecule has 2 rings (SSSR count). The zero-order chi connectivity index (χ0) is 14.0. The molecule has 0 unspecified atom stereocenters. The summed E-state index contributed by atoms with van der Waals surface area (Å²) in [7, 11) is 0. The number of hydrogen-bond acceptors (Lipinski definition) is 2. The highest BCUT2D eigenvalue weighted by atomic mass is 79.9. The molecule has 19 heavy (non-hydrogen) atoms. The molecule has 1 aromatic carbocycles. The van der Waals surface area contributed by atoms with E-state index in [4.69, 9.17) is 5.26 Å². The lowest BCUT2D eigenvalue weighted by molar-refractivity contribution is 0.0660. The Hall–Kier alpha value is -1.41. The van der Waals surface area contributed by atoms with E-state index in [9.17, 15) is 9.18 Å². The van der Waals surface area contributed by atoms with Crippen LogP contribution >= 0.6 is 15.9 Å². The Kier molecular flexibility index (Phi) is 3.91. The van der Waals surface area contributed by atoms with Crippen molar-refractivity contribution in [2.75, 3.05) is 13.1 Å². The summed E-state index contributed by atoms with van der Waals surface area (Å²) >= 11 is 3.11. The minimum Gasteiger partial charge on any atom is -0.339 e. The van der Waals surface area contributed by atoms with Gasteiger partial charge in [0.15, 0.2) is 0 Å². The molecule has 0 spiro atoms. The van der Waals surface area contributed by atoms with E-state index in [1.54, 1.807) is 11.0 Å². The maximum absolute atomic E-state index is 13.4. The van der Waals surface area contributed by atoms with E-state index in [2.05, 4.69) is 22.0 Å². The van der Waals surface area contributed by atoms with Crippen LogP contribution in [0.15, 0.2) is 22.7 Å². The standard InChI is InChI=1S/C14H14BrFN2O/c1-14(9-17)5-7-18(8-6-14)13(19)10-3-2-4-11(16)12(10)15/h2-4H,5-8H2,1H3. The van der Waals surface area contributed by atoms with Crippen molar-refractivity contribution in [3.8, 4) is 6.07 Å². The first-order chi connectivity index (χ1) is 8.97. The molecule has 0 atom stereocenters. The van der Waals surface area contributed by atoms with Gasteiger partial charge in [-0.3, -0.25) is 4.79 Å². The Morgan fingerprint density at radius 1 is 1.47 bits per heavy atom. The number of carbonyl (C=O) groups excluding carboxylic acids is 1. The highest BCUT2D eigenvalue weighted by molar-refractivity contribution is 9.10. The molecule has 1 amide bonds. The molecule has 1 saturated heterocycles. The Morgan fingerprint density at radius 3 is 2.68 bits per heavy atom. The van der Waals surface area contributed by atoms with E-state index < -0.39 is 5.82 Å². The third-order valence-electron chi connectivity index (χ3n) is 3.61. The highest BCUT2D eigenvalue weighted by Crippen LogP contribution is 2.31. The van der Waals surface area contributed by atoms with Gasteiger partial charge in [0.05, 0.1) is 21.5 Å². The second-order valence-electron chi connectivity index (χ2n) is 5.07. The fourth-order valence-corrected chi connectivity index (χ4v) is 2.59. The first kappa shape index (κ1) is 14.0. The fraction of sp³-hybridized carbons (Fsp3) is 0.429. The molecular weight excluding hydrogens is 311 g/mol. The number of halogens is 2. The first-order valence-corrected chi connectivity index (χ1v) is 6.91. The quantitative estimate of drug-likeness (QED) is 0.795. The van der Waals surface area contributed by atoms with Gasteiger partial charge in [0.1, 0.15) is 5.82 Å². The lowest BCUT2D eigenvalue weighted by atomic mass is 9.82. The smallest absolute Gasteiger partial charge is 0.255 e. The van der Waals surface area contributed by atoms with Gasteiger partial charge in [0.2, 0.25) is 0 Å². The van der Waals surface area contributed by atoms with Crippen LogP contribution < -0.4 is 0 Å². The van der Waals surface area contributed by atoms with E-state index in [-0.39, 0.29) is 15.8 Å². The number of rotatable bonds is 1. The van der Waals surface area contributed by atoms with Crippen molar-refractivity contribution >= 4 is 21.8 Å². The van der Waals surface area contributed by atoms with Crippen molar-refractivity contribution in [1.29, 1.82) is 5.26 Å². The molecule has 1 heterocycles. The minimum absolute atomic E-state index is 0.189. The topological polar surface area (TPSA) is 44.1 Å². The first-order valence-electron chi connectivity index (χ1n) is 6.11. The summed E-state index contributed by atoms with van der Waals surface area (Å²) in [6.07, 6.45) is 1.31. The number of likely N-dealkylation sites (tertiary alicyclic amines) is 1. The average molecular weight is 325 g/mol. The Morgan fingerprint density at radius 2 is 2.11 bits per heavy atom. The predicted octanol–water partition coefficient (Wildman–Crippen LogP) is 3.35. The van der Waals surface area contributed by atoms with Crippen molar-refractivity contribution < 1.29 is 9.18 Å². The van der Waals surface area contributed by atoms with Gasteiger partial charge in [-0.2, -0.15) is 5.26 Å². The molecule has 0 radical (unpaired) electrons. The monoisotopic (exact) mass is 324 g/mol. The van der Waals surface area contributed by atoms with E-state index in [0.29, 0.717) is 31.5 Å². The molecule has 1 aromatic rings. The van der Waals surface area contributed by atoms with Crippen LogP contribution in [-0.2, 0) is 0 Å². The third-order valence-corrected chi connectivity index (χ3v) is 4.41. The van der Waals surface area contributed by atoms with Crippen LogP contribution in [-0.4, -0.2) is 23.9 Å². The van der Waals surface area contributed by atoms with Gasteiger partial charge in [-0.15, -0.1) is 0 Å². The van der Waals surface area contributed by atoms with Gasteiger partial charge in [-0.05, 0) is 47.8 Å². The summed E-state index contributed by atoms with van der Waals surface area (Å²) < 4.78 is 13.6. The fourth-order valence-electron chi connectivity index (χ4n) is 2.15. The number of benzene rings is 1. The SMILES string of the molecule is CC1(C#N)CCN(C(=O)c2cccc(F)c2Br)CC1. The van der Waals surface area contributed by atoms with Crippen LogP contribution in [0.1, 0.15) is 30.1 Å². The summed E-state index contributed by atoms with van der Waals surface area (Å²) in [5.74, 6) is -0.629. The molecule has 0 aromatic heterocycles. The highest BCUT2D eigenvalue weighted by Gasteiger charge is 2.32. The lowest BCUT2D eigenvalue weighted by Crippen LogP contribution is -2.41. The van der Waals surface area contributed by atoms with Gasteiger partial charge in [0, 0.05) is 13.1 Å². The van der Waals surface area contributed by atoms with Crippen LogP contribution in [0.2, 0.25) is 0 Å². The summed E-state index contributed by atoms with van der Waals surface area (Å²) in [6.45, 7) is 2.98. The van der Waals surface area contributed by atoms with Crippen LogP contribution in [0.3, 0.4) is 0 Å². The number of nitriles is 1. The molecule has 1 aliphatic heterocycles. The van der Waals surface area contributed by atoms with Crippen molar-refractivity contribution in [2.24, 2.45) is 5.41 Å². The zero-order valence-electron chi connectivity index (χ0n) is 10.6. The molecule has 3 nitrogen and oxygen atoms in total. The number of nitrogens with zero attached hydrogens (tertiary/aromatic N) is 2. The van der Waals surface area contributed by atoms with Gasteiger partial charge < -0.3 is 4.90 Å². The zero-order valence-corrected chi connectivity index (χ0v) is 12.2. The number of hydrogen-bond donors (Lipinski definition) is 0. The molecule has 0 saturated carbocycles. The molecule has 1 aliphatic rings. The molecular formula is C14H14BrFN2O. The molecule has 0 bridgehead atoms. The Bertz CT molecular complexity index is 545. The maximum Gasteiger partial charge on any atom is 0.255 e. The van der Waals surface area contributed by atoms with Crippen LogP contribution in [0, 0.1) is 22.6 Å².